The van der Waals surface area contributed by atoms with Crippen LogP contribution in [-0.2, 0) is 0 Å². The minimum atomic E-state index is -0.266. The van der Waals surface area contributed by atoms with Gasteiger partial charge in [-0.2, -0.15) is 0 Å². The quantitative estimate of drug-likeness (QED) is 0.219. The smallest absolute Gasteiger partial charge is 0.174 e. The highest BCUT2D eigenvalue weighted by Gasteiger charge is 2.42. The van der Waals surface area contributed by atoms with E-state index >= 15 is 0 Å². The van der Waals surface area contributed by atoms with Crippen molar-refractivity contribution < 1.29 is 9.13 Å². The van der Waals surface area contributed by atoms with E-state index in [1.807, 2.05) is 98.1 Å². The Bertz CT molecular complexity index is 1670. The third kappa shape index (κ3) is 4.73. The Morgan fingerprint density at radius 2 is 1.52 bits per heavy atom. The molecule has 3 heterocycles. The molecule has 0 aliphatic carbocycles. The minimum absolute atomic E-state index is 0.202. The first-order chi connectivity index (χ1) is 19.4. The largest absolute Gasteiger partial charge is 0.457 e. The van der Waals surface area contributed by atoms with Gasteiger partial charge in [-0.05, 0) is 105 Å². The number of aryl methyl sites for hydroxylation is 2. The van der Waals surface area contributed by atoms with E-state index in [-0.39, 0.29) is 17.9 Å². The highest BCUT2D eigenvalue weighted by atomic mass is 32.1. The second-order valence-electron chi connectivity index (χ2n) is 10.0. The molecule has 1 N–H and O–H groups in total. The summed E-state index contributed by atoms with van der Waals surface area (Å²) in [6, 6.07) is 30.4. The molecule has 1 aliphatic rings. The van der Waals surface area contributed by atoms with Gasteiger partial charge in [0.25, 0.3) is 0 Å². The Hall–Kier alpha value is -4.49. The number of hydrogen-bond acceptors (Lipinski definition) is 3. The molecular formula is C33H29FN4OS. The van der Waals surface area contributed by atoms with E-state index in [0.29, 0.717) is 10.8 Å². The van der Waals surface area contributed by atoms with E-state index < -0.39 is 0 Å². The van der Waals surface area contributed by atoms with Gasteiger partial charge < -0.3 is 19.5 Å². The Morgan fingerprint density at radius 3 is 2.20 bits per heavy atom. The molecule has 5 nitrogen and oxygen atoms in total. The van der Waals surface area contributed by atoms with Crippen LogP contribution >= 0.6 is 12.2 Å². The van der Waals surface area contributed by atoms with Crippen molar-refractivity contribution in [1.29, 1.82) is 0 Å². The Labute approximate surface area is 238 Å². The molecule has 3 aromatic carbocycles. The van der Waals surface area contributed by atoms with Crippen LogP contribution < -0.4 is 15.0 Å². The highest BCUT2D eigenvalue weighted by Crippen LogP contribution is 2.44. The second-order valence-corrected chi connectivity index (χ2v) is 10.4. The van der Waals surface area contributed by atoms with Crippen LogP contribution in [0.5, 0.6) is 11.5 Å². The van der Waals surface area contributed by atoms with Crippen LogP contribution in [0.15, 0.2) is 103 Å². The molecule has 7 heteroatoms. The minimum Gasteiger partial charge on any atom is -0.457 e. The molecule has 0 amide bonds. The van der Waals surface area contributed by atoms with Crippen LogP contribution in [0.4, 0.5) is 10.1 Å². The summed E-state index contributed by atoms with van der Waals surface area (Å²) >= 11 is 5.91. The predicted molar refractivity (Wildman–Crippen MR) is 161 cm³/mol. The molecule has 2 aromatic heterocycles. The first-order valence-electron chi connectivity index (χ1n) is 13.2. The summed E-state index contributed by atoms with van der Waals surface area (Å²) in [5, 5.41) is 4.11. The van der Waals surface area contributed by atoms with Crippen molar-refractivity contribution in [2.45, 2.75) is 32.9 Å². The number of nitrogens with one attached hydrogen (secondary N) is 1. The molecule has 0 unspecified atom stereocenters. The van der Waals surface area contributed by atoms with Gasteiger partial charge in [-0.1, -0.05) is 35.9 Å². The van der Waals surface area contributed by atoms with Gasteiger partial charge in [-0.15, -0.1) is 0 Å². The van der Waals surface area contributed by atoms with Crippen molar-refractivity contribution >= 4 is 23.0 Å². The summed E-state index contributed by atoms with van der Waals surface area (Å²) < 4.78 is 22.9. The average Bonchev–Trinajstić information content (AvgIpc) is 3.46. The number of rotatable bonds is 6. The van der Waals surface area contributed by atoms with Gasteiger partial charge >= 0.3 is 0 Å². The molecule has 40 heavy (non-hydrogen) atoms. The number of anilines is 1. The van der Waals surface area contributed by atoms with Crippen LogP contribution in [0.3, 0.4) is 0 Å². The van der Waals surface area contributed by atoms with Gasteiger partial charge in [0.2, 0.25) is 0 Å². The standard InChI is InChI=1S/C33H29FN4OS/c1-21-11-15-25(16-12-21)39-26-17-13-24(14-18-26)38-32(31(36-33(38)40)29-9-6-7-19-35-29)27-20-22(2)37(23(27)3)30-10-5-4-8-28(30)34/h4-20,31-32H,1-3H3,(H,36,40)/t31-,32-/m0/s1. The monoisotopic (exact) mass is 548 g/mol. The number of hydrogen-bond donors (Lipinski definition) is 1. The molecule has 1 saturated heterocycles. The molecule has 6 rings (SSSR count). The van der Waals surface area contributed by atoms with E-state index in [2.05, 4.69) is 21.3 Å². The number of nitrogens with zero attached hydrogens (tertiary/aromatic N) is 3. The summed E-state index contributed by atoms with van der Waals surface area (Å²) in [6.45, 7) is 6.08. The van der Waals surface area contributed by atoms with Crippen LogP contribution in [0.25, 0.3) is 5.69 Å². The lowest BCUT2D eigenvalue weighted by Crippen LogP contribution is -2.29. The number of pyridine rings is 1. The van der Waals surface area contributed by atoms with Crippen molar-refractivity contribution in [3.63, 3.8) is 0 Å². The highest BCUT2D eigenvalue weighted by molar-refractivity contribution is 7.80. The molecule has 1 aliphatic heterocycles. The fourth-order valence-electron chi connectivity index (χ4n) is 5.46. The Kier molecular flexibility index (Phi) is 6.82. The van der Waals surface area contributed by atoms with Crippen molar-refractivity contribution in [1.82, 2.24) is 14.9 Å². The van der Waals surface area contributed by atoms with E-state index in [1.165, 1.54) is 11.6 Å². The van der Waals surface area contributed by atoms with Crippen LogP contribution in [-0.4, -0.2) is 14.7 Å². The summed E-state index contributed by atoms with van der Waals surface area (Å²) in [5.74, 6) is 1.25. The van der Waals surface area contributed by atoms with Crippen molar-refractivity contribution in [2.75, 3.05) is 4.90 Å². The Balaban J connectivity index is 1.41. The lowest BCUT2D eigenvalue weighted by Gasteiger charge is -2.28. The van der Waals surface area contributed by atoms with Crippen LogP contribution in [0, 0.1) is 26.6 Å². The maximum Gasteiger partial charge on any atom is 0.174 e. The zero-order valence-electron chi connectivity index (χ0n) is 22.5. The zero-order chi connectivity index (χ0) is 27.8. The third-order valence-corrected chi connectivity index (χ3v) is 7.67. The lowest BCUT2D eigenvalue weighted by molar-refractivity contribution is 0.482. The summed E-state index contributed by atoms with van der Waals surface area (Å²) in [4.78, 5) is 6.78. The van der Waals surface area contributed by atoms with E-state index in [9.17, 15) is 4.39 Å². The number of para-hydroxylation sites is 1. The maximum absolute atomic E-state index is 14.9. The average molecular weight is 549 g/mol. The number of benzene rings is 3. The van der Waals surface area contributed by atoms with E-state index in [1.54, 1.807) is 18.3 Å². The zero-order valence-corrected chi connectivity index (χ0v) is 23.3. The molecule has 200 valence electrons. The van der Waals surface area contributed by atoms with Crippen molar-refractivity contribution in [3.8, 4) is 17.2 Å². The topological polar surface area (TPSA) is 42.3 Å². The van der Waals surface area contributed by atoms with Gasteiger partial charge in [0, 0.05) is 23.3 Å². The summed E-state index contributed by atoms with van der Waals surface area (Å²) in [6.07, 6.45) is 1.79. The molecular weight excluding hydrogens is 519 g/mol. The number of aromatic nitrogens is 2. The number of halogens is 1. The van der Waals surface area contributed by atoms with Crippen LogP contribution in [0.2, 0.25) is 0 Å². The fourth-order valence-corrected chi connectivity index (χ4v) is 5.80. The predicted octanol–water partition coefficient (Wildman–Crippen LogP) is 7.91. The normalized spacial score (nSPS) is 16.7. The summed E-state index contributed by atoms with van der Waals surface area (Å²) in [5.41, 5.74) is 6.45. The van der Waals surface area contributed by atoms with E-state index in [0.717, 1.165) is 39.8 Å². The number of thiocarbonyl (C=S) groups is 1. The molecule has 0 bridgehead atoms. The first-order valence-corrected chi connectivity index (χ1v) is 13.6. The van der Waals surface area contributed by atoms with Crippen molar-refractivity contribution in [2.24, 2.45) is 0 Å². The Morgan fingerprint density at radius 1 is 0.850 bits per heavy atom. The van der Waals surface area contributed by atoms with Gasteiger partial charge in [-0.3, -0.25) is 4.98 Å². The fraction of sp³-hybridized carbons (Fsp3) is 0.152. The van der Waals surface area contributed by atoms with Gasteiger partial charge in [-0.25, -0.2) is 4.39 Å². The lowest BCUT2D eigenvalue weighted by atomic mass is 9.96. The van der Waals surface area contributed by atoms with Gasteiger partial charge in [0.15, 0.2) is 5.11 Å². The van der Waals surface area contributed by atoms with Crippen LogP contribution in [0.1, 0.15) is 40.3 Å². The van der Waals surface area contributed by atoms with Gasteiger partial charge in [0.1, 0.15) is 17.3 Å². The van der Waals surface area contributed by atoms with Gasteiger partial charge in [0.05, 0.1) is 23.5 Å². The molecule has 2 atom stereocenters. The second kappa shape index (κ2) is 10.6. The third-order valence-electron chi connectivity index (χ3n) is 7.35. The SMILES string of the molecule is Cc1ccc(Oc2ccc(N3C(=S)N[C@@H](c4ccccn4)[C@@H]3c3cc(C)n(-c4ccccc4F)c3C)cc2)cc1. The summed E-state index contributed by atoms with van der Waals surface area (Å²) in [7, 11) is 0. The van der Waals surface area contributed by atoms with Crippen molar-refractivity contribution in [3.05, 3.63) is 137 Å². The molecule has 0 saturated carbocycles. The maximum atomic E-state index is 14.9. The van der Waals surface area contributed by atoms with E-state index in [4.69, 9.17) is 17.0 Å². The number of ether oxygens (including phenoxy) is 1. The first kappa shape index (κ1) is 25.8. The molecule has 0 radical (unpaired) electrons. The molecule has 0 spiro atoms. The molecule has 5 aromatic rings. The molecule has 1 fully saturated rings.